The highest BCUT2D eigenvalue weighted by Gasteiger charge is 2.34. The Morgan fingerprint density at radius 2 is 2.16 bits per heavy atom. The van der Waals surface area contributed by atoms with E-state index in [1.54, 1.807) is 0 Å². The van der Waals surface area contributed by atoms with E-state index >= 15 is 0 Å². The van der Waals surface area contributed by atoms with Crippen molar-refractivity contribution >= 4 is 16.0 Å². The van der Waals surface area contributed by atoms with Crippen LogP contribution in [0.2, 0.25) is 0 Å². The summed E-state index contributed by atoms with van der Waals surface area (Å²) in [4.78, 5) is 10.4. The molecule has 0 bridgehead atoms. The van der Waals surface area contributed by atoms with E-state index in [9.17, 15) is 13.2 Å². The highest BCUT2D eigenvalue weighted by Crippen LogP contribution is 2.27. The summed E-state index contributed by atoms with van der Waals surface area (Å²) in [5.74, 6) is -0.527. The van der Waals surface area contributed by atoms with Crippen LogP contribution < -0.4 is 5.73 Å². The van der Waals surface area contributed by atoms with Crippen molar-refractivity contribution in [2.45, 2.75) is 45.1 Å². The third kappa shape index (κ3) is 4.74. The minimum absolute atomic E-state index is 0.105. The quantitative estimate of drug-likeness (QED) is 0.717. The monoisotopic (exact) mass is 292 g/mol. The minimum Gasteiger partial charge on any atom is -0.481 e. The standard InChI is InChI=1S/C12H24N2O4S/c1-2-10-5-6-14(11(8-10)9-13)19(17,18)7-3-4-12(15)16/h10-11H,2-9,13H2,1H3,(H,15,16). The van der Waals surface area contributed by atoms with Gasteiger partial charge in [-0.3, -0.25) is 4.79 Å². The maximum absolute atomic E-state index is 12.2. The molecule has 0 aliphatic carbocycles. The fourth-order valence-electron chi connectivity index (χ4n) is 2.59. The predicted molar refractivity (Wildman–Crippen MR) is 73.2 cm³/mol. The second-order valence-corrected chi connectivity index (χ2v) is 7.15. The van der Waals surface area contributed by atoms with Gasteiger partial charge in [0, 0.05) is 25.6 Å². The number of carboxylic acid groups (broad SMARTS) is 1. The molecule has 0 spiro atoms. The Morgan fingerprint density at radius 1 is 1.47 bits per heavy atom. The topological polar surface area (TPSA) is 101 Å². The van der Waals surface area contributed by atoms with Gasteiger partial charge in [0.2, 0.25) is 10.0 Å². The van der Waals surface area contributed by atoms with Gasteiger partial charge in [0.05, 0.1) is 5.75 Å². The molecule has 0 aromatic rings. The zero-order chi connectivity index (χ0) is 14.5. The van der Waals surface area contributed by atoms with Crippen LogP contribution in [0.5, 0.6) is 0 Å². The fourth-order valence-corrected chi connectivity index (χ4v) is 4.34. The lowest BCUT2D eigenvalue weighted by molar-refractivity contribution is -0.137. The molecule has 2 unspecified atom stereocenters. The number of piperidine rings is 1. The number of carboxylic acids is 1. The molecule has 1 aliphatic rings. The van der Waals surface area contributed by atoms with E-state index in [1.165, 1.54) is 4.31 Å². The molecule has 1 fully saturated rings. The first-order valence-electron chi connectivity index (χ1n) is 6.82. The first-order valence-corrected chi connectivity index (χ1v) is 8.43. The highest BCUT2D eigenvalue weighted by molar-refractivity contribution is 7.89. The summed E-state index contributed by atoms with van der Waals surface area (Å²) < 4.78 is 25.9. The lowest BCUT2D eigenvalue weighted by Gasteiger charge is -2.37. The maximum atomic E-state index is 12.2. The number of aliphatic carboxylic acids is 1. The van der Waals surface area contributed by atoms with Crippen LogP contribution in [-0.4, -0.2) is 48.7 Å². The Bertz CT molecular complexity index is 397. The molecule has 1 saturated heterocycles. The third-order valence-corrected chi connectivity index (χ3v) is 5.77. The van der Waals surface area contributed by atoms with Gasteiger partial charge in [-0.1, -0.05) is 13.3 Å². The average molecular weight is 292 g/mol. The van der Waals surface area contributed by atoms with Crippen LogP contribution in [0.25, 0.3) is 0 Å². The van der Waals surface area contributed by atoms with Crippen LogP contribution >= 0.6 is 0 Å². The highest BCUT2D eigenvalue weighted by atomic mass is 32.2. The van der Waals surface area contributed by atoms with Crippen molar-refractivity contribution in [2.24, 2.45) is 11.7 Å². The van der Waals surface area contributed by atoms with E-state index in [0.29, 0.717) is 19.0 Å². The minimum atomic E-state index is -3.38. The molecule has 1 heterocycles. The molecule has 6 nitrogen and oxygen atoms in total. The van der Waals surface area contributed by atoms with Gasteiger partial charge in [-0.15, -0.1) is 0 Å². The van der Waals surface area contributed by atoms with Gasteiger partial charge in [0.15, 0.2) is 0 Å². The van der Waals surface area contributed by atoms with Crippen molar-refractivity contribution in [3.05, 3.63) is 0 Å². The number of nitrogens with zero attached hydrogens (tertiary/aromatic N) is 1. The molecular weight excluding hydrogens is 268 g/mol. The van der Waals surface area contributed by atoms with E-state index in [1.807, 2.05) is 0 Å². The van der Waals surface area contributed by atoms with Crippen molar-refractivity contribution in [2.75, 3.05) is 18.8 Å². The first kappa shape index (κ1) is 16.4. The van der Waals surface area contributed by atoms with Crippen LogP contribution in [0.15, 0.2) is 0 Å². The van der Waals surface area contributed by atoms with Gasteiger partial charge >= 0.3 is 5.97 Å². The smallest absolute Gasteiger partial charge is 0.303 e. The normalized spacial score (nSPS) is 25.4. The average Bonchev–Trinajstić information content (AvgIpc) is 2.37. The number of hydrogen-bond acceptors (Lipinski definition) is 4. The molecule has 3 N–H and O–H groups in total. The number of rotatable bonds is 7. The molecular formula is C12H24N2O4S. The molecule has 2 atom stereocenters. The van der Waals surface area contributed by atoms with E-state index in [4.69, 9.17) is 10.8 Å². The second kappa shape index (κ2) is 7.21. The van der Waals surface area contributed by atoms with Crippen molar-refractivity contribution in [3.8, 4) is 0 Å². The Morgan fingerprint density at radius 3 is 2.68 bits per heavy atom. The summed E-state index contributed by atoms with van der Waals surface area (Å²) in [5, 5.41) is 8.56. The summed E-state index contributed by atoms with van der Waals surface area (Å²) in [7, 11) is -3.38. The number of hydrogen-bond donors (Lipinski definition) is 2. The summed E-state index contributed by atoms with van der Waals surface area (Å²) in [6, 6.07) is -0.131. The first-order chi connectivity index (χ1) is 8.90. The zero-order valence-corrected chi connectivity index (χ0v) is 12.2. The second-order valence-electron chi connectivity index (χ2n) is 5.11. The maximum Gasteiger partial charge on any atom is 0.303 e. The van der Waals surface area contributed by atoms with Crippen LogP contribution in [0.3, 0.4) is 0 Å². The molecule has 7 heteroatoms. The van der Waals surface area contributed by atoms with Gasteiger partial charge in [0.1, 0.15) is 0 Å². The van der Waals surface area contributed by atoms with Crippen molar-refractivity contribution in [3.63, 3.8) is 0 Å². The van der Waals surface area contributed by atoms with Gasteiger partial charge < -0.3 is 10.8 Å². The molecule has 0 aromatic heterocycles. The van der Waals surface area contributed by atoms with Crippen molar-refractivity contribution in [1.82, 2.24) is 4.31 Å². The third-order valence-electron chi connectivity index (χ3n) is 3.77. The molecule has 1 rings (SSSR count). The Balaban J connectivity index is 2.63. The van der Waals surface area contributed by atoms with Gasteiger partial charge in [0.25, 0.3) is 0 Å². The number of sulfonamides is 1. The lowest BCUT2D eigenvalue weighted by Crippen LogP contribution is -2.50. The van der Waals surface area contributed by atoms with Gasteiger partial charge in [-0.2, -0.15) is 4.31 Å². The van der Waals surface area contributed by atoms with Crippen molar-refractivity contribution < 1.29 is 18.3 Å². The van der Waals surface area contributed by atoms with E-state index in [-0.39, 0.29) is 24.6 Å². The van der Waals surface area contributed by atoms with Crippen LogP contribution in [0, 0.1) is 5.92 Å². The van der Waals surface area contributed by atoms with Crippen LogP contribution in [0.1, 0.15) is 39.0 Å². The molecule has 0 radical (unpaired) electrons. The molecule has 0 amide bonds. The largest absolute Gasteiger partial charge is 0.481 e. The SMILES string of the molecule is CCC1CCN(S(=O)(=O)CCCC(=O)O)C(CN)C1. The van der Waals surface area contributed by atoms with Gasteiger partial charge in [-0.25, -0.2) is 8.42 Å². The Hall–Kier alpha value is -0.660. The molecule has 112 valence electrons. The van der Waals surface area contributed by atoms with E-state index < -0.39 is 16.0 Å². The zero-order valence-electron chi connectivity index (χ0n) is 11.4. The molecule has 0 saturated carbocycles. The summed E-state index contributed by atoms with van der Waals surface area (Å²) >= 11 is 0. The number of nitrogens with two attached hydrogens (primary N) is 1. The van der Waals surface area contributed by atoms with Crippen molar-refractivity contribution in [1.29, 1.82) is 0 Å². The van der Waals surface area contributed by atoms with Gasteiger partial charge in [-0.05, 0) is 25.2 Å². The Kier molecular flexibility index (Phi) is 6.22. The molecule has 1 aliphatic heterocycles. The number of carbonyl (C=O) groups is 1. The summed E-state index contributed by atoms with van der Waals surface area (Å²) in [5.41, 5.74) is 5.68. The fraction of sp³-hybridized carbons (Fsp3) is 0.917. The Labute approximate surface area is 115 Å². The summed E-state index contributed by atoms with van der Waals surface area (Å²) in [6.07, 6.45) is 2.76. The predicted octanol–water partition coefficient (Wildman–Crippen LogP) is 0.630. The summed E-state index contributed by atoms with van der Waals surface area (Å²) in [6.45, 7) is 2.94. The van der Waals surface area contributed by atoms with E-state index in [0.717, 1.165) is 19.3 Å². The molecule has 0 aromatic carbocycles. The van der Waals surface area contributed by atoms with E-state index in [2.05, 4.69) is 6.92 Å². The molecule has 19 heavy (non-hydrogen) atoms. The lowest BCUT2D eigenvalue weighted by atomic mass is 9.90. The van der Waals surface area contributed by atoms with Crippen LogP contribution in [-0.2, 0) is 14.8 Å². The van der Waals surface area contributed by atoms with Crippen LogP contribution in [0.4, 0.5) is 0 Å².